The van der Waals surface area contributed by atoms with Gasteiger partial charge in [-0.1, -0.05) is 17.7 Å². The van der Waals surface area contributed by atoms with Gasteiger partial charge in [-0.2, -0.15) is 0 Å². The summed E-state index contributed by atoms with van der Waals surface area (Å²) in [5.41, 5.74) is 1.55. The van der Waals surface area contributed by atoms with E-state index in [-0.39, 0.29) is 10.7 Å². The molecule has 1 aromatic carbocycles. The van der Waals surface area contributed by atoms with Crippen molar-refractivity contribution in [3.05, 3.63) is 58.1 Å². The number of aromatic nitrogens is 1. The molecule has 0 fully saturated rings. The third-order valence-corrected chi connectivity index (χ3v) is 3.01. The molecule has 0 aliphatic heterocycles. The van der Waals surface area contributed by atoms with Gasteiger partial charge in [0.2, 0.25) is 0 Å². The van der Waals surface area contributed by atoms with E-state index in [4.69, 9.17) is 16.7 Å². The number of nitrogens with zero attached hydrogens (tertiary/aromatic N) is 1. The third-order valence-electron chi connectivity index (χ3n) is 2.70. The van der Waals surface area contributed by atoms with Crippen LogP contribution in [-0.2, 0) is 6.54 Å². The van der Waals surface area contributed by atoms with Crippen molar-refractivity contribution in [1.29, 1.82) is 0 Å². The average Bonchev–Trinajstić information content (AvgIpc) is 2.65. The van der Waals surface area contributed by atoms with Crippen molar-refractivity contribution in [1.82, 2.24) is 4.57 Å². The molecule has 5 heteroatoms. The number of carbonyl (C=O) groups is 1. The molecule has 0 spiro atoms. The van der Waals surface area contributed by atoms with Crippen molar-refractivity contribution in [3.63, 3.8) is 0 Å². The van der Waals surface area contributed by atoms with Crippen LogP contribution in [0.2, 0.25) is 5.02 Å². The molecule has 1 aromatic heterocycles. The van der Waals surface area contributed by atoms with E-state index < -0.39 is 11.8 Å². The van der Waals surface area contributed by atoms with E-state index in [2.05, 4.69) is 0 Å². The molecule has 18 heavy (non-hydrogen) atoms. The first-order valence-corrected chi connectivity index (χ1v) is 5.70. The van der Waals surface area contributed by atoms with Gasteiger partial charge in [0.25, 0.3) is 0 Å². The molecule has 0 radical (unpaired) electrons. The molecule has 3 nitrogen and oxygen atoms in total. The van der Waals surface area contributed by atoms with E-state index in [0.29, 0.717) is 17.7 Å². The maximum atomic E-state index is 13.3. The molecule has 0 atom stereocenters. The van der Waals surface area contributed by atoms with E-state index >= 15 is 0 Å². The largest absolute Gasteiger partial charge is 0.477 e. The lowest BCUT2D eigenvalue weighted by Crippen LogP contribution is -2.10. The Labute approximate surface area is 108 Å². The van der Waals surface area contributed by atoms with Gasteiger partial charge in [0.05, 0.1) is 5.02 Å². The number of aromatic carboxylic acids is 1. The van der Waals surface area contributed by atoms with Crippen LogP contribution in [0.3, 0.4) is 0 Å². The Bertz CT molecular complexity index is 607. The maximum absolute atomic E-state index is 13.3. The highest BCUT2D eigenvalue weighted by Gasteiger charge is 2.13. The zero-order valence-corrected chi connectivity index (χ0v) is 10.4. The van der Waals surface area contributed by atoms with Crippen LogP contribution >= 0.6 is 11.6 Å². The van der Waals surface area contributed by atoms with Gasteiger partial charge >= 0.3 is 5.97 Å². The first kappa shape index (κ1) is 12.6. The van der Waals surface area contributed by atoms with Gasteiger partial charge in [-0.15, -0.1) is 0 Å². The normalized spacial score (nSPS) is 10.6. The van der Waals surface area contributed by atoms with Crippen LogP contribution in [0.15, 0.2) is 30.5 Å². The summed E-state index contributed by atoms with van der Waals surface area (Å²) in [6, 6.07) is 6.16. The molecule has 0 saturated heterocycles. The Morgan fingerprint density at radius 2 is 2.17 bits per heavy atom. The SMILES string of the molecule is Cc1ccn(Cc2ccc(Cl)c(F)c2)c1C(=O)O. The second-order valence-corrected chi connectivity index (χ2v) is 4.44. The standard InChI is InChI=1S/C13H11ClFNO2/c1-8-4-5-16(12(8)13(17)18)7-9-2-3-10(14)11(15)6-9/h2-6H,7H2,1H3,(H,17,18). The van der Waals surface area contributed by atoms with Crippen LogP contribution in [-0.4, -0.2) is 15.6 Å². The summed E-state index contributed by atoms with van der Waals surface area (Å²) in [4.78, 5) is 11.1. The Balaban J connectivity index is 2.34. The molecule has 0 amide bonds. The van der Waals surface area contributed by atoms with Crippen molar-refractivity contribution < 1.29 is 14.3 Å². The minimum atomic E-state index is -0.994. The van der Waals surface area contributed by atoms with E-state index in [9.17, 15) is 9.18 Å². The third kappa shape index (κ3) is 2.38. The van der Waals surface area contributed by atoms with Crippen LogP contribution in [0.4, 0.5) is 4.39 Å². The molecule has 2 aromatic rings. The number of aryl methyl sites for hydroxylation is 1. The monoisotopic (exact) mass is 267 g/mol. The highest BCUT2D eigenvalue weighted by atomic mass is 35.5. The fourth-order valence-electron chi connectivity index (χ4n) is 1.84. The van der Waals surface area contributed by atoms with Gasteiger partial charge < -0.3 is 9.67 Å². The van der Waals surface area contributed by atoms with Crippen molar-refractivity contribution in [2.24, 2.45) is 0 Å². The minimum absolute atomic E-state index is 0.0564. The summed E-state index contributed by atoms with van der Waals surface area (Å²) in [6.45, 7) is 2.02. The van der Waals surface area contributed by atoms with E-state index in [0.717, 1.165) is 0 Å². The zero-order chi connectivity index (χ0) is 13.3. The van der Waals surface area contributed by atoms with Crippen molar-refractivity contribution in [2.75, 3.05) is 0 Å². The van der Waals surface area contributed by atoms with Gasteiger partial charge in [-0.25, -0.2) is 9.18 Å². The highest BCUT2D eigenvalue weighted by molar-refractivity contribution is 6.30. The van der Waals surface area contributed by atoms with Gasteiger partial charge in [0.15, 0.2) is 0 Å². The number of carboxylic acid groups (broad SMARTS) is 1. The topological polar surface area (TPSA) is 42.2 Å². The van der Waals surface area contributed by atoms with Gasteiger partial charge in [-0.3, -0.25) is 0 Å². The zero-order valence-electron chi connectivity index (χ0n) is 9.65. The summed E-state index contributed by atoms with van der Waals surface area (Å²) < 4.78 is 14.9. The number of hydrogen-bond acceptors (Lipinski definition) is 1. The molecule has 0 aliphatic carbocycles. The Morgan fingerprint density at radius 1 is 1.44 bits per heavy atom. The summed E-state index contributed by atoms with van der Waals surface area (Å²) in [6.07, 6.45) is 1.67. The predicted molar refractivity (Wildman–Crippen MR) is 66.6 cm³/mol. The summed E-state index contributed by atoms with van der Waals surface area (Å²) in [5.74, 6) is -1.50. The quantitative estimate of drug-likeness (QED) is 0.927. The maximum Gasteiger partial charge on any atom is 0.352 e. The molecule has 0 unspecified atom stereocenters. The molecular formula is C13H11ClFNO2. The summed E-state index contributed by atoms with van der Waals surface area (Å²) >= 11 is 5.59. The Hall–Kier alpha value is -1.81. The van der Waals surface area contributed by atoms with Gasteiger partial charge in [0.1, 0.15) is 11.5 Å². The lowest BCUT2D eigenvalue weighted by Gasteiger charge is -2.07. The van der Waals surface area contributed by atoms with Crippen LogP contribution in [0.5, 0.6) is 0 Å². The number of carboxylic acids is 1. The van der Waals surface area contributed by atoms with E-state index in [1.165, 1.54) is 12.1 Å². The minimum Gasteiger partial charge on any atom is -0.477 e. The van der Waals surface area contributed by atoms with Crippen LogP contribution in [0.1, 0.15) is 21.6 Å². The molecular weight excluding hydrogens is 257 g/mol. The van der Waals surface area contributed by atoms with Gasteiger partial charge in [-0.05, 0) is 36.2 Å². The fraction of sp³-hybridized carbons (Fsp3) is 0.154. The van der Waals surface area contributed by atoms with E-state index in [1.54, 1.807) is 29.8 Å². The highest BCUT2D eigenvalue weighted by Crippen LogP contribution is 2.18. The number of hydrogen-bond donors (Lipinski definition) is 1. The number of benzene rings is 1. The van der Waals surface area contributed by atoms with Crippen molar-refractivity contribution in [3.8, 4) is 0 Å². The summed E-state index contributed by atoms with van der Waals surface area (Å²) in [7, 11) is 0. The molecule has 2 rings (SSSR count). The van der Waals surface area contributed by atoms with Crippen molar-refractivity contribution in [2.45, 2.75) is 13.5 Å². The fourth-order valence-corrected chi connectivity index (χ4v) is 1.96. The van der Waals surface area contributed by atoms with Crippen LogP contribution in [0.25, 0.3) is 0 Å². The Kier molecular flexibility index (Phi) is 3.39. The number of rotatable bonds is 3. The molecule has 94 valence electrons. The van der Waals surface area contributed by atoms with Crippen LogP contribution < -0.4 is 0 Å². The molecule has 0 saturated carbocycles. The average molecular weight is 268 g/mol. The summed E-state index contributed by atoms with van der Waals surface area (Å²) in [5, 5.41) is 9.15. The first-order chi connectivity index (χ1) is 8.49. The van der Waals surface area contributed by atoms with Crippen LogP contribution in [0, 0.1) is 12.7 Å². The predicted octanol–water partition coefficient (Wildman–Crippen LogP) is 3.34. The lowest BCUT2D eigenvalue weighted by atomic mass is 10.2. The Morgan fingerprint density at radius 3 is 2.78 bits per heavy atom. The molecule has 0 aliphatic rings. The van der Waals surface area contributed by atoms with E-state index in [1.807, 2.05) is 0 Å². The van der Waals surface area contributed by atoms with Gasteiger partial charge in [0, 0.05) is 12.7 Å². The van der Waals surface area contributed by atoms with Crippen molar-refractivity contribution >= 4 is 17.6 Å². The molecule has 1 heterocycles. The second kappa shape index (κ2) is 4.82. The number of halogens is 2. The molecule has 0 bridgehead atoms. The second-order valence-electron chi connectivity index (χ2n) is 4.03. The lowest BCUT2D eigenvalue weighted by molar-refractivity contribution is 0.0685. The smallest absolute Gasteiger partial charge is 0.352 e. The first-order valence-electron chi connectivity index (χ1n) is 5.32. The molecule has 1 N–H and O–H groups in total.